The molecule has 18 heavy (non-hydrogen) atoms. The fourth-order valence-corrected chi connectivity index (χ4v) is 2.20. The quantitative estimate of drug-likeness (QED) is 0.761. The van der Waals surface area contributed by atoms with Gasteiger partial charge >= 0.3 is 0 Å². The highest BCUT2D eigenvalue weighted by atomic mass is 35.5. The second-order valence-corrected chi connectivity index (χ2v) is 4.76. The van der Waals surface area contributed by atoms with Gasteiger partial charge in [0.25, 0.3) is 0 Å². The summed E-state index contributed by atoms with van der Waals surface area (Å²) < 4.78 is 0. The molecule has 0 heterocycles. The third-order valence-electron chi connectivity index (χ3n) is 3.20. The second-order valence-electron chi connectivity index (χ2n) is 4.32. The molecule has 0 radical (unpaired) electrons. The Labute approximate surface area is 115 Å². The van der Waals surface area contributed by atoms with Gasteiger partial charge in [0.15, 0.2) is 0 Å². The van der Waals surface area contributed by atoms with Crippen LogP contribution in [-0.4, -0.2) is 37.6 Å². The number of benzene rings is 1. The monoisotopic (exact) mass is 269 g/mol. The zero-order valence-electron chi connectivity index (χ0n) is 11.3. The highest BCUT2D eigenvalue weighted by Crippen LogP contribution is 2.16. The first-order chi connectivity index (χ1) is 8.71. The van der Waals surface area contributed by atoms with Gasteiger partial charge in [-0.2, -0.15) is 0 Å². The van der Waals surface area contributed by atoms with Crippen LogP contribution >= 0.6 is 11.6 Å². The van der Waals surface area contributed by atoms with Crippen molar-refractivity contribution in [3.05, 3.63) is 34.9 Å². The third-order valence-corrected chi connectivity index (χ3v) is 3.44. The predicted octanol–water partition coefficient (Wildman–Crippen LogP) is 2.27. The highest BCUT2D eigenvalue weighted by molar-refractivity contribution is 6.30. The van der Waals surface area contributed by atoms with Gasteiger partial charge in [0.1, 0.15) is 0 Å². The average molecular weight is 270 g/mol. The van der Waals surface area contributed by atoms with Gasteiger partial charge in [-0.25, -0.2) is 0 Å². The van der Waals surface area contributed by atoms with E-state index in [-0.39, 0.29) is 6.04 Å². The molecule has 102 valence electrons. The van der Waals surface area contributed by atoms with Crippen LogP contribution in [-0.2, 0) is 0 Å². The number of nitrogens with two attached hydrogens (primary N) is 1. The van der Waals surface area contributed by atoms with Crippen LogP contribution in [0, 0.1) is 0 Å². The van der Waals surface area contributed by atoms with Crippen molar-refractivity contribution in [3.63, 3.8) is 0 Å². The maximum atomic E-state index is 6.00. The molecule has 0 aliphatic carbocycles. The average Bonchev–Trinajstić information content (AvgIpc) is 2.39. The van der Waals surface area contributed by atoms with E-state index in [2.05, 4.69) is 30.1 Å². The van der Waals surface area contributed by atoms with Crippen LogP contribution in [0.1, 0.15) is 25.5 Å². The topological polar surface area (TPSA) is 41.3 Å². The van der Waals surface area contributed by atoms with Crippen LogP contribution in [0.25, 0.3) is 0 Å². The first kappa shape index (κ1) is 15.4. The number of halogens is 1. The van der Waals surface area contributed by atoms with E-state index in [1.165, 1.54) is 0 Å². The molecule has 0 amide bonds. The van der Waals surface area contributed by atoms with Crippen molar-refractivity contribution in [1.82, 2.24) is 10.2 Å². The Morgan fingerprint density at radius 2 is 2.06 bits per heavy atom. The van der Waals surface area contributed by atoms with Gasteiger partial charge in [-0.15, -0.1) is 0 Å². The molecule has 1 aromatic rings. The van der Waals surface area contributed by atoms with Crippen LogP contribution in [0.4, 0.5) is 0 Å². The van der Waals surface area contributed by atoms with Gasteiger partial charge in [-0.3, -0.25) is 0 Å². The molecule has 0 bridgehead atoms. The van der Waals surface area contributed by atoms with E-state index in [1.807, 2.05) is 18.2 Å². The molecule has 1 unspecified atom stereocenters. The van der Waals surface area contributed by atoms with Crippen molar-refractivity contribution in [2.75, 3.05) is 32.7 Å². The fourth-order valence-electron chi connectivity index (χ4n) is 2.00. The van der Waals surface area contributed by atoms with E-state index in [1.54, 1.807) is 0 Å². The third kappa shape index (κ3) is 4.94. The lowest BCUT2D eigenvalue weighted by Crippen LogP contribution is -2.36. The molecule has 3 N–H and O–H groups in total. The van der Waals surface area contributed by atoms with Crippen molar-refractivity contribution in [3.8, 4) is 0 Å². The summed E-state index contributed by atoms with van der Waals surface area (Å²) in [5, 5.41) is 4.25. The van der Waals surface area contributed by atoms with Crippen LogP contribution in [0.5, 0.6) is 0 Å². The van der Waals surface area contributed by atoms with E-state index in [0.717, 1.165) is 36.8 Å². The minimum absolute atomic E-state index is 0.180. The van der Waals surface area contributed by atoms with E-state index < -0.39 is 0 Å². The van der Waals surface area contributed by atoms with Gasteiger partial charge in [-0.05, 0) is 30.8 Å². The smallest absolute Gasteiger partial charge is 0.0445 e. The standard InChI is InChI=1S/C14H24ClN3/c1-3-18(4-2)9-8-17-14(11-16)12-6-5-7-13(15)10-12/h5-7,10,14,17H,3-4,8-9,11,16H2,1-2H3. The van der Waals surface area contributed by atoms with E-state index >= 15 is 0 Å². The van der Waals surface area contributed by atoms with Crippen LogP contribution in [0.15, 0.2) is 24.3 Å². The summed E-state index contributed by atoms with van der Waals surface area (Å²) in [6.07, 6.45) is 0. The molecule has 3 nitrogen and oxygen atoms in total. The molecule has 0 aromatic heterocycles. The maximum absolute atomic E-state index is 6.00. The summed E-state index contributed by atoms with van der Waals surface area (Å²) in [4.78, 5) is 2.39. The Balaban J connectivity index is 2.47. The van der Waals surface area contributed by atoms with Gasteiger partial charge in [0, 0.05) is 30.7 Å². The van der Waals surface area contributed by atoms with Crippen LogP contribution in [0.3, 0.4) is 0 Å². The van der Waals surface area contributed by atoms with Crippen molar-refractivity contribution in [2.45, 2.75) is 19.9 Å². The molecule has 0 aliphatic heterocycles. The van der Waals surface area contributed by atoms with Crippen LogP contribution in [0.2, 0.25) is 5.02 Å². The number of rotatable bonds is 8. The lowest BCUT2D eigenvalue weighted by Gasteiger charge is -2.22. The Morgan fingerprint density at radius 3 is 2.61 bits per heavy atom. The molecule has 1 atom stereocenters. The number of nitrogens with one attached hydrogen (secondary N) is 1. The Morgan fingerprint density at radius 1 is 1.33 bits per heavy atom. The molecule has 4 heteroatoms. The highest BCUT2D eigenvalue weighted by Gasteiger charge is 2.09. The molecule has 0 fully saturated rings. The molecular weight excluding hydrogens is 246 g/mol. The van der Waals surface area contributed by atoms with Crippen molar-refractivity contribution in [1.29, 1.82) is 0 Å². The fraction of sp³-hybridized carbons (Fsp3) is 0.571. The van der Waals surface area contributed by atoms with Gasteiger partial charge in [-0.1, -0.05) is 37.6 Å². The summed E-state index contributed by atoms with van der Waals surface area (Å²) >= 11 is 6.00. The SMILES string of the molecule is CCN(CC)CCNC(CN)c1cccc(Cl)c1. The second kappa shape index (κ2) is 8.48. The molecular formula is C14H24ClN3. The largest absolute Gasteiger partial charge is 0.329 e. The van der Waals surface area contributed by atoms with Gasteiger partial charge in [0.05, 0.1) is 0 Å². The molecule has 0 spiro atoms. The molecule has 0 saturated heterocycles. The number of nitrogens with zero attached hydrogens (tertiary/aromatic N) is 1. The predicted molar refractivity (Wildman–Crippen MR) is 79.0 cm³/mol. The number of likely N-dealkylation sites (N-methyl/N-ethyl adjacent to an activating group) is 1. The molecule has 1 rings (SSSR count). The van der Waals surface area contributed by atoms with E-state index in [4.69, 9.17) is 17.3 Å². The number of hydrogen-bond acceptors (Lipinski definition) is 3. The Kier molecular flexibility index (Phi) is 7.28. The minimum atomic E-state index is 0.180. The van der Waals surface area contributed by atoms with E-state index in [9.17, 15) is 0 Å². The zero-order valence-corrected chi connectivity index (χ0v) is 12.1. The first-order valence-electron chi connectivity index (χ1n) is 6.62. The summed E-state index contributed by atoms with van der Waals surface area (Å²) in [7, 11) is 0. The normalized spacial score (nSPS) is 12.9. The lowest BCUT2D eigenvalue weighted by atomic mass is 10.1. The Hall–Kier alpha value is -0.610. The van der Waals surface area contributed by atoms with Crippen molar-refractivity contribution >= 4 is 11.6 Å². The molecule has 0 saturated carbocycles. The summed E-state index contributed by atoms with van der Waals surface area (Å²) in [5.74, 6) is 0. The number of hydrogen-bond donors (Lipinski definition) is 2. The Bertz CT molecular complexity index is 340. The molecule has 0 aliphatic rings. The summed E-state index contributed by atoms with van der Waals surface area (Å²) in [6.45, 7) is 9.10. The van der Waals surface area contributed by atoms with Crippen LogP contribution < -0.4 is 11.1 Å². The first-order valence-corrected chi connectivity index (χ1v) is 7.00. The maximum Gasteiger partial charge on any atom is 0.0445 e. The summed E-state index contributed by atoms with van der Waals surface area (Å²) in [6, 6.07) is 8.07. The lowest BCUT2D eigenvalue weighted by molar-refractivity contribution is 0.297. The summed E-state index contributed by atoms with van der Waals surface area (Å²) in [5.41, 5.74) is 6.97. The van der Waals surface area contributed by atoms with Crippen molar-refractivity contribution in [2.24, 2.45) is 5.73 Å². The zero-order chi connectivity index (χ0) is 13.4. The van der Waals surface area contributed by atoms with Crippen molar-refractivity contribution < 1.29 is 0 Å². The van der Waals surface area contributed by atoms with Gasteiger partial charge in [0.2, 0.25) is 0 Å². The van der Waals surface area contributed by atoms with E-state index in [0.29, 0.717) is 6.54 Å². The minimum Gasteiger partial charge on any atom is -0.329 e. The van der Waals surface area contributed by atoms with Gasteiger partial charge < -0.3 is 16.0 Å². The molecule has 1 aromatic carbocycles.